The summed E-state index contributed by atoms with van der Waals surface area (Å²) in [6.07, 6.45) is 1.14. The first-order valence-corrected chi connectivity index (χ1v) is 12.8. The first-order valence-electron chi connectivity index (χ1n) is 9.35. The fraction of sp³-hybridized carbons (Fsp3) is 0.0435. The molecule has 0 saturated carbocycles. The Bertz CT molecular complexity index is 1400. The summed E-state index contributed by atoms with van der Waals surface area (Å²) < 4.78 is 37.9. The van der Waals surface area contributed by atoms with Crippen LogP contribution in [0.15, 0.2) is 82.2 Å². The summed E-state index contributed by atoms with van der Waals surface area (Å²) in [5.41, 5.74) is 2.48. The van der Waals surface area contributed by atoms with Crippen molar-refractivity contribution < 1.29 is 17.6 Å². The van der Waals surface area contributed by atoms with Crippen molar-refractivity contribution >= 4 is 48.7 Å². The van der Waals surface area contributed by atoms with Crippen molar-refractivity contribution in [3.63, 3.8) is 0 Å². The molecule has 32 heavy (non-hydrogen) atoms. The van der Waals surface area contributed by atoms with Crippen molar-refractivity contribution in [2.75, 3.05) is 11.6 Å². The number of rotatable bonds is 5. The second-order valence-corrected chi connectivity index (χ2v) is 10.9. The summed E-state index contributed by atoms with van der Waals surface area (Å²) in [5, 5.41) is 3.05. The molecule has 1 heterocycles. The molecule has 0 bridgehead atoms. The lowest BCUT2D eigenvalue weighted by atomic mass is 10.1. The van der Waals surface area contributed by atoms with Crippen LogP contribution in [0.1, 0.15) is 9.80 Å². The second-order valence-electron chi connectivity index (χ2n) is 6.96. The molecule has 0 saturated heterocycles. The van der Waals surface area contributed by atoms with E-state index in [1.54, 1.807) is 42.5 Å². The molecule has 5 nitrogen and oxygen atoms in total. The lowest BCUT2D eigenvalue weighted by molar-refractivity contribution is 0.102. The summed E-state index contributed by atoms with van der Waals surface area (Å²) in [6.45, 7) is 0. The van der Waals surface area contributed by atoms with E-state index in [2.05, 4.69) is 26.2 Å². The van der Waals surface area contributed by atoms with Crippen molar-refractivity contribution in [1.29, 1.82) is 0 Å². The van der Waals surface area contributed by atoms with Gasteiger partial charge in [0.25, 0.3) is 5.91 Å². The number of hydrogen-bond donors (Lipinski definition) is 1. The van der Waals surface area contributed by atoms with Crippen LogP contribution < -0.4 is 5.32 Å². The number of nitrogens with zero attached hydrogens (tertiary/aromatic N) is 1. The summed E-state index contributed by atoms with van der Waals surface area (Å²) in [6, 6.07) is 19.4. The third-order valence-corrected chi connectivity index (χ3v) is 7.29. The van der Waals surface area contributed by atoms with Crippen LogP contribution in [0.4, 0.5) is 10.1 Å². The van der Waals surface area contributed by atoms with E-state index in [9.17, 15) is 17.6 Å². The minimum Gasteiger partial charge on any atom is -0.320 e. The number of thiazole rings is 1. The van der Waals surface area contributed by atoms with E-state index in [-0.39, 0.29) is 21.6 Å². The summed E-state index contributed by atoms with van der Waals surface area (Å²) in [4.78, 5) is 18.3. The van der Waals surface area contributed by atoms with Crippen molar-refractivity contribution in [1.82, 2.24) is 4.98 Å². The Labute approximate surface area is 197 Å². The number of halogens is 2. The normalized spacial score (nSPS) is 11.3. The second kappa shape index (κ2) is 8.93. The maximum atomic E-state index is 13.5. The van der Waals surface area contributed by atoms with Crippen molar-refractivity contribution in [2.45, 2.75) is 4.90 Å². The molecule has 4 aromatic rings. The lowest BCUT2D eigenvalue weighted by Crippen LogP contribution is -2.11. The van der Waals surface area contributed by atoms with Crippen LogP contribution in [0.3, 0.4) is 0 Å². The third kappa shape index (κ3) is 4.95. The van der Waals surface area contributed by atoms with Gasteiger partial charge in [-0.3, -0.25) is 4.79 Å². The van der Waals surface area contributed by atoms with Crippen molar-refractivity contribution in [3.05, 3.63) is 88.1 Å². The van der Waals surface area contributed by atoms with Gasteiger partial charge in [0.15, 0.2) is 14.8 Å². The van der Waals surface area contributed by atoms with Crippen LogP contribution in [-0.2, 0) is 9.84 Å². The molecule has 0 radical (unpaired) electrons. The van der Waals surface area contributed by atoms with Crippen LogP contribution in [0.5, 0.6) is 0 Å². The fourth-order valence-corrected chi connectivity index (χ4v) is 5.04. The molecule has 0 atom stereocenters. The van der Waals surface area contributed by atoms with E-state index in [1.807, 2.05) is 6.07 Å². The summed E-state index contributed by atoms with van der Waals surface area (Å²) in [5.74, 6) is -0.750. The number of nitrogens with one attached hydrogen (secondary N) is 1. The Kier molecular flexibility index (Phi) is 6.23. The Morgan fingerprint density at radius 3 is 2.28 bits per heavy atom. The number of anilines is 1. The van der Waals surface area contributed by atoms with Crippen LogP contribution >= 0.6 is 27.3 Å². The molecule has 3 aromatic carbocycles. The molecule has 1 N–H and O–H groups in total. The minimum absolute atomic E-state index is 0.187. The number of sulfone groups is 1. The minimum atomic E-state index is -3.34. The molecule has 1 amide bonds. The van der Waals surface area contributed by atoms with E-state index in [0.29, 0.717) is 27.4 Å². The summed E-state index contributed by atoms with van der Waals surface area (Å²) in [7, 11) is -3.34. The maximum Gasteiger partial charge on any atom is 0.284 e. The van der Waals surface area contributed by atoms with Gasteiger partial charge in [0.05, 0.1) is 15.5 Å². The number of carbonyl (C=O) groups is 1. The molecule has 0 fully saturated rings. The average Bonchev–Trinajstić information content (AvgIpc) is 3.19. The number of amides is 1. The molecule has 9 heteroatoms. The SMILES string of the molecule is CS(=O)(=O)c1ccc(-c2nc(C(=O)Nc3cccc(Br)c3)sc2-c2ccc(F)cc2)cc1. The zero-order valence-corrected chi connectivity index (χ0v) is 19.9. The van der Waals surface area contributed by atoms with Crippen LogP contribution in [0, 0.1) is 5.82 Å². The van der Waals surface area contributed by atoms with Gasteiger partial charge in [-0.25, -0.2) is 17.8 Å². The Balaban J connectivity index is 1.76. The van der Waals surface area contributed by atoms with Crippen LogP contribution in [0.25, 0.3) is 21.7 Å². The molecule has 0 unspecified atom stereocenters. The van der Waals surface area contributed by atoms with Crippen molar-refractivity contribution in [3.8, 4) is 21.7 Å². The lowest BCUT2D eigenvalue weighted by Gasteiger charge is -2.04. The molecule has 0 aliphatic rings. The van der Waals surface area contributed by atoms with Gasteiger partial charge in [-0.15, -0.1) is 11.3 Å². The van der Waals surface area contributed by atoms with Gasteiger partial charge in [0.1, 0.15) is 5.82 Å². The highest BCUT2D eigenvalue weighted by Gasteiger charge is 2.20. The van der Waals surface area contributed by atoms with E-state index in [0.717, 1.165) is 10.7 Å². The Hall–Kier alpha value is -2.88. The first kappa shape index (κ1) is 22.3. The number of aromatic nitrogens is 1. The van der Waals surface area contributed by atoms with Crippen LogP contribution in [0.2, 0.25) is 0 Å². The number of hydrogen-bond acceptors (Lipinski definition) is 5. The molecule has 0 spiro atoms. The largest absolute Gasteiger partial charge is 0.320 e. The molecular weight excluding hydrogens is 515 g/mol. The predicted octanol–water partition coefficient (Wildman–Crippen LogP) is 6.03. The highest BCUT2D eigenvalue weighted by Crippen LogP contribution is 2.37. The predicted molar refractivity (Wildman–Crippen MR) is 128 cm³/mol. The first-order chi connectivity index (χ1) is 15.2. The quantitative estimate of drug-likeness (QED) is 0.341. The molecule has 1 aromatic heterocycles. The maximum absolute atomic E-state index is 13.5. The van der Waals surface area contributed by atoms with Gasteiger partial charge in [0.2, 0.25) is 0 Å². The number of benzene rings is 3. The highest BCUT2D eigenvalue weighted by molar-refractivity contribution is 9.10. The van der Waals surface area contributed by atoms with Gasteiger partial charge in [-0.2, -0.15) is 0 Å². The highest BCUT2D eigenvalue weighted by atomic mass is 79.9. The Morgan fingerprint density at radius 1 is 1.00 bits per heavy atom. The van der Waals surface area contributed by atoms with E-state index in [4.69, 9.17) is 0 Å². The molecule has 0 aliphatic heterocycles. The smallest absolute Gasteiger partial charge is 0.284 e. The molecule has 0 aliphatic carbocycles. The summed E-state index contributed by atoms with van der Waals surface area (Å²) >= 11 is 4.55. The van der Waals surface area contributed by atoms with E-state index in [1.165, 1.54) is 35.6 Å². The standard InChI is InChI=1S/C23H16BrFN2O3S2/c1-32(29,30)19-11-7-14(8-12-19)20-21(15-5-9-17(25)10-6-15)31-23(27-20)22(28)26-18-4-2-3-16(24)13-18/h2-13H,1H3,(H,26,28). The fourth-order valence-electron chi connectivity index (χ4n) is 3.02. The monoisotopic (exact) mass is 530 g/mol. The zero-order valence-electron chi connectivity index (χ0n) is 16.7. The van der Waals surface area contributed by atoms with Gasteiger partial charge in [-0.1, -0.05) is 46.3 Å². The van der Waals surface area contributed by atoms with E-state index < -0.39 is 9.84 Å². The molecule has 4 rings (SSSR count). The number of carbonyl (C=O) groups excluding carboxylic acids is 1. The van der Waals surface area contributed by atoms with Gasteiger partial charge < -0.3 is 5.32 Å². The topological polar surface area (TPSA) is 76.1 Å². The van der Waals surface area contributed by atoms with Gasteiger partial charge >= 0.3 is 0 Å². The van der Waals surface area contributed by atoms with Gasteiger partial charge in [0, 0.05) is 22.0 Å². The third-order valence-electron chi connectivity index (χ3n) is 4.57. The molecule has 162 valence electrons. The van der Waals surface area contributed by atoms with E-state index >= 15 is 0 Å². The molecular formula is C23H16BrFN2O3S2. The average molecular weight is 531 g/mol. The van der Waals surface area contributed by atoms with Gasteiger partial charge in [-0.05, 0) is 48.0 Å². The van der Waals surface area contributed by atoms with Crippen LogP contribution in [-0.4, -0.2) is 25.6 Å². The van der Waals surface area contributed by atoms with Crippen molar-refractivity contribution in [2.24, 2.45) is 0 Å². The zero-order chi connectivity index (χ0) is 22.9. The Morgan fingerprint density at radius 2 is 1.66 bits per heavy atom.